The summed E-state index contributed by atoms with van der Waals surface area (Å²) in [5.41, 5.74) is 2.39. The van der Waals surface area contributed by atoms with E-state index in [9.17, 15) is 15.2 Å². The molecular weight excluding hydrogens is 272 g/mol. The van der Waals surface area contributed by atoms with Gasteiger partial charge in [-0.1, -0.05) is 25.8 Å². The molecular formula is C14H22N4O3. The molecule has 0 saturated heterocycles. The number of nitrogens with zero attached hydrogens (tertiary/aromatic N) is 1. The molecule has 2 unspecified atom stereocenters. The fourth-order valence-corrected chi connectivity index (χ4v) is 3.20. The second kappa shape index (κ2) is 6.28. The number of nitrogens with one attached hydrogen (secondary N) is 2. The molecule has 116 valence electrons. The molecule has 0 aliphatic heterocycles. The smallest absolute Gasteiger partial charge is 0.316 e. The average molecular weight is 294 g/mol. The van der Waals surface area contributed by atoms with E-state index in [0.29, 0.717) is 11.6 Å². The van der Waals surface area contributed by atoms with Crippen LogP contribution < -0.4 is 16.6 Å². The molecule has 0 radical (unpaired) electrons. The first-order valence-corrected chi connectivity index (χ1v) is 7.14. The summed E-state index contributed by atoms with van der Waals surface area (Å²) in [6.45, 7) is 2.09. The minimum Gasteiger partial charge on any atom is -0.394 e. The minimum atomic E-state index is -0.504. The van der Waals surface area contributed by atoms with E-state index < -0.39 is 10.5 Å². The second-order valence-corrected chi connectivity index (χ2v) is 5.87. The van der Waals surface area contributed by atoms with Crippen molar-refractivity contribution in [1.29, 1.82) is 0 Å². The number of anilines is 2. The summed E-state index contributed by atoms with van der Waals surface area (Å²) in [6.07, 6.45) is 3.71. The first-order chi connectivity index (χ1) is 10.0. The molecule has 0 heterocycles. The van der Waals surface area contributed by atoms with Crippen molar-refractivity contribution in [1.82, 2.24) is 0 Å². The van der Waals surface area contributed by atoms with Gasteiger partial charge in [0.1, 0.15) is 11.4 Å². The summed E-state index contributed by atoms with van der Waals surface area (Å²) in [5.74, 6) is 5.83. The number of rotatable bonds is 5. The molecule has 21 heavy (non-hydrogen) atoms. The Labute approximate surface area is 123 Å². The molecule has 0 bridgehead atoms. The lowest BCUT2D eigenvalue weighted by molar-refractivity contribution is -0.383. The Morgan fingerprint density at radius 3 is 2.81 bits per heavy atom. The van der Waals surface area contributed by atoms with Crippen molar-refractivity contribution in [3.8, 4) is 0 Å². The van der Waals surface area contributed by atoms with E-state index in [-0.39, 0.29) is 18.0 Å². The van der Waals surface area contributed by atoms with Gasteiger partial charge in [0, 0.05) is 0 Å². The van der Waals surface area contributed by atoms with Crippen molar-refractivity contribution in [2.24, 2.45) is 11.8 Å². The van der Waals surface area contributed by atoms with Crippen LogP contribution in [0.1, 0.15) is 32.6 Å². The number of hydrogen-bond acceptors (Lipinski definition) is 6. The highest BCUT2D eigenvalue weighted by Crippen LogP contribution is 2.39. The number of hydrazine groups is 1. The predicted octanol–water partition coefficient (Wildman–Crippen LogP) is 2.23. The molecule has 1 saturated carbocycles. The van der Waals surface area contributed by atoms with Gasteiger partial charge < -0.3 is 15.8 Å². The largest absolute Gasteiger partial charge is 0.394 e. The maximum absolute atomic E-state index is 11.3. The van der Waals surface area contributed by atoms with Crippen LogP contribution in [0.25, 0.3) is 0 Å². The Bertz CT molecular complexity index is 523. The van der Waals surface area contributed by atoms with Gasteiger partial charge in [-0.05, 0) is 30.9 Å². The summed E-state index contributed by atoms with van der Waals surface area (Å²) >= 11 is 0. The molecule has 1 fully saturated rings. The summed E-state index contributed by atoms with van der Waals surface area (Å²) in [4.78, 5) is 10.8. The van der Waals surface area contributed by atoms with Crippen LogP contribution in [0.5, 0.6) is 0 Å². The third kappa shape index (κ3) is 3.25. The summed E-state index contributed by atoms with van der Waals surface area (Å²) in [6, 6.07) is 4.90. The Hall–Kier alpha value is -1.86. The number of benzene rings is 1. The van der Waals surface area contributed by atoms with Gasteiger partial charge in [-0.15, -0.1) is 0 Å². The SMILES string of the molecule is CC1CCCC(CO)(Nc2cccc(NN)c2[N+](=O)[O-])C1. The van der Waals surface area contributed by atoms with Crippen LogP contribution in [0.2, 0.25) is 0 Å². The van der Waals surface area contributed by atoms with E-state index in [1.165, 1.54) is 0 Å². The van der Waals surface area contributed by atoms with Gasteiger partial charge in [0.05, 0.1) is 17.1 Å². The summed E-state index contributed by atoms with van der Waals surface area (Å²) in [7, 11) is 0. The number of aliphatic hydroxyl groups excluding tert-OH is 1. The average Bonchev–Trinajstić information content (AvgIpc) is 2.46. The van der Waals surface area contributed by atoms with Crippen molar-refractivity contribution in [3.63, 3.8) is 0 Å². The normalized spacial score (nSPS) is 25.4. The van der Waals surface area contributed by atoms with Gasteiger partial charge in [0.2, 0.25) is 0 Å². The lowest BCUT2D eigenvalue weighted by Gasteiger charge is -2.40. The maximum atomic E-state index is 11.3. The van der Waals surface area contributed by atoms with Crippen LogP contribution in [0, 0.1) is 16.0 Å². The lowest BCUT2D eigenvalue weighted by atomic mass is 9.76. The minimum absolute atomic E-state index is 0.0468. The molecule has 7 nitrogen and oxygen atoms in total. The Kier molecular flexibility index (Phi) is 4.64. The van der Waals surface area contributed by atoms with Crippen LogP contribution in [0.4, 0.5) is 17.1 Å². The monoisotopic (exact) mass is 294 g/mol. The molecule has 7 heteroatoms. The highest BCUT2D eigenvalue weighted by molar-refractivity contribution is 5.76. The van der Waals surface area contributed by atoms with Gasteiger partial charge in [-0.2, -0.15) is 0 Å². The number of nitro benzene ring substituents is 1. The van der Waals surface area contributed by atoms with Crippen molar-refractivity contribution in [2.75, 3.05) is 17.3 Å². The first kappa shape index (κ1) is 15.5. The fourth-order valence-electron chi connectivity index (χ4n) is 3.20. The highest BCUT2D eigenvalue weighted by atomic mass is 16.6. The van der Waals surface area contributed by atoms with Crippen molar-refractivity contribution >= 4 is 17.1 Å². The number of nitrogen functional groups attached to an aromatic ring is 1. The number of aliphatic hydroxyl groups is 1. The van der Waals surface area contributed by atoms with E-state index in [4.69, 9.17) is 5.84 Å². The third-order valence-corrected chi connectivity index (χ3v) is 4.17. The van der Waals surface area contributed by atoms with Gasteiger partial charge in [-0.3, -0.25) is 16.0 Å². The maximum Gasteiger partial charge on any atom is 0.316 e. The molecule has 1 aliphatic carbocycles. The highest BCUT2D eigenvalue weighted by Gasteiger charge is 2.36. The van der Waals surface area contributed by atoms with E-state index in [1.807, 2.05) is 0 Å². The second-order valence-electron chi connectivity index (χ2n) is 5.87. The van der Waals surface area contributed by atoms with Crippen molar-refractivity contribution < 1.29 is 10.0 Å². The summed E-state index contributed by atoms with van der Waals surface area (Å²) in [5, 5.41) is 24.3. The topological polar surface area (TPSA) is 113 Å². The zero-order valence-corrected chi connectivity index (χ0v) is 12.1. The molecule has 0 aromatic heterocycles. The third-order valence-electron chi connectivity index (χ3n) is 4.17. The molecule has 1 aromatic rings. The van der Waals surface area contributed by atoms with Crippen LogP contribution in [-0.4, -0.2) is 22.2 Å². The van der Waals surface area contributed by atoms with Crippen LogP contribution in [-0.2, 0) is 0 Å². The number of hydrogen-bond donors (Lipinski definition) is 4. The van der Waals surface area contributed by atoms with Gasteiger partial charge >= 0.3 is 5.69 Å². The summed E-state index contributed by atoms with van der Waals surface area (Å²) < 4.78 is 0. The predicted molar refractivity (Wildman–Crippen MR) is 82.0 cm³/mol. The van der Waals surface area contributed by atoms with Gasteiger partial charge in [0.25, 0.3) is 0 Å². The number of para-hydroxylation sites is 1. The quantitative estimate of drug-likeness (QED) is 0.376. The molecule has 1 aliphatic rings. The first-order valence-electron chi connectivity index (χ1n) is 7.14. The van der Waals surface area contributed by atoms with Gasteiger partial charge in [0.15, 0.2) is 0 Å². The fraction of sp³-hybridized carbons (Fsp3) is 0.571. The van der Waals surface area contributed by atoms with Crippen molar-refractivity contribution in [3.05, 3.63) is 28.3 Å². The zero-order chi connectivity index (χ0) is 15.5. The van der Waals surface area contributed by atoms with Gasteiger partial charge in [-0.25, -0.2) is 0 Å². The zero-order valence-electron chi connectivity index (χ0n) is 12.1. The van der Waals surface area contributed by atoms with Crippen LogP contribution >= 0.6 is 0 Å². The lowest BCUT2D eigenvalue weighted by Crippen LogP contribution is -2.46. The molecule has 2 rings (SSSR count). The van der Waals surface area contributed by atoms with Crippen LogP contribution in [0.3, 0.4) is 0 Å². The molecule has 5 N–H and O–H groups in total. The van der Waals surface area contributed by atoms with Crippen molar-refractivity contribution in [2.45, 2.75) is 38.1 Å². The van der Waals surface area contributed by atoms with E-state index >= 15 is 0 Å². The van der Waals surface area contributed by atoms with E-state index in [1.54, 1.807) is 18.2 Å². The molecule has 0 spiro atoms. The number of nitrogens with two attached hydrogens (primary N) is 1. The Morgan fingerprint density at radius 1 is 1.52 bits per heavy atom. The number of nitro groups is 1. The molecule has 1 aromatic carbocycles. The van der Waals surface area contributed by atoms with Crippen LogP contribution in [0.15, 0.2) is 18.2 Å². The standard InChI is InChI=1S/C14H22N4O3/c1-10-4-3-7-14(8-10,9-19)16-11-5-2-6-12(17-15)13(11)18(20)21/h2,5-6,10,16-17,19H,3-4,7-9,15H2,1H3. The van der Waals surface area contributed by atoms with E-state index in [0.717, 1.165) is 25.7 Å². The van der Waals surface area contributed by atoms with E-state index in [2.05, 4.69) is 17.7 Å². The Morgan fingerprint density at radius 2 is 2.24 bits per heavy atom. The molecule has 0 amide bonds. The molecule has 2 atom stereocenters. The Balaban J connectivity index is 2.35.